The van der Waals surface area contributed by atoms with Crippen LogP contribution in [0, 0.1) is 0 Å². The Morgan fingerprint density at radius 1 is 1.25 bits per heavy atom. The number of benzene rings is 1. The molecule has 5 heteroatoms. The van der Waals surface area contributed by atoms with E-state index in [9.17, 15) is 4.79 Å². The van der Waals surface area contributed by atoms with Crippen molar-refractivity contribution < 1.29 is 9.90 Å². The Morgan fingerprint density at radius 2 is 2.00 bits per heavy atom. The SMILES string of the molecule is O=C(c1cncc(Br)c1)N(CCCO)c1ccccc1. The molecule has 20 heavy (non-hydrogen) atoms. The summed E-state index contributed by atoms with van der Waals surface area (Å²) in [5, 5.41) is 9.00. The Kier molecular flexibility index (Phi) is 5.26. The van der Waals surface area contributed by atoms with E-state index >= 15 is 0 Å². The molecule has 104 valence electrons. The Labute approximate surface area is 126 Å². The fourth-order valence-electron chi connectivity index (χ4n) is 1.87. The second-order valence-corrected chi connectivity index (χ2v) is 5.18. The molecule has 1 N–H and O–H groups in total. The molecule has 0 aliphatic carbocycles. The van der Waals surface area contributed by atoms with Gasteiger partial charge in [0.05, 0.1) is 5.56 Å². The zero-order valence-corrected chi connectivity index (χ0v) is 12.5. The molecule has 0 unspecified atom stereocenters. The maximum atomic E-state index is 12.6. The number of hydrogen-bond donors (Lipinski definition) is 1. The first-order valence-electron chi connectivity index (χ1n) is 6.30. The highest BCUT2D eigenvalue weighted by molar-refractivity contribution is 9.10. The molecule has 1 heterocycles. The monoisotopic (exact) mass is 334 g/mol. The minimum atomic E-state index is -0.126. The van der Waals surface area contributed by atoms with E-state index in [1.165, 1.54) is 0 Å². The molecule has 4 nitrogen and oxygen atoms in total. The van der Waals surface area contributed by atoms with Gasteiger partial charge in [0.15, 0.2) is 0 Å². The van der Waals surface area contributed by atoms with Crippen LogP contribution in [0.15, 0.2) is 53.3 Å². The van der Waals surface area contributed by atoms with E-state index in [0.29, 0.717) is 18.5 Å². The highest BCUT2D eigenvalue weighted by Gasteiger charge is 2.17. The molecule has 2 aromatic rings. The van der Waals surface area contributed by atoms with Gasteiger partial charge in [0, 0.05) is 35.7 Å². The van der Waals surface area contributed by atoms with Gasteiger partial charge in [-0.05, 0) is 40.5 Å². The van der Waals surface area contributed by atoms with Crippen LogP contribution in [0.1, 0.15) is 16.8 Å². The molecule has 0 atom stereocenters. The molecule has 0 spiro atoms. The third-order valence-corrected chi connectivity index (χ3v) is 3.24. The number of amides is 1. The molecule has 0 fully saturated rings. The van der Waals surface area contributed by atoms with Gasteiger partial charge in [-0.25, -0.2) is 0 Å². The second kappa shape index (κ2) is 7.17. The molecule has 0 saturated carbocycles. The number of nitrogens with zero attached hydrogens (tertiary/aromatic N) is 2. The van der Waals surface area contributed by atoms with Gasteiger partial charge in [-0.15, -0.1) is 0 Å². The van der Waals surface area contributed by atoms with Crippen LogP contribution >= 0.6 is 15.9 Å². The summed E-state index contributed by atoms with van der Waals surface area (Å²) < 4.78 is 0.763. The number of pyridine rings is 1. The zero-order chi connectivity index (χ0) is 14.4. The number of hydrogen-bond acceptors (Lipinski definition) is 3. The third-order valence-electron chi connectivity index (χ3n) is 2.80. The van der Waals surface area contributed by atoms with Gasteiger partial charge in [-0.1, -0.05) is 18.2 Å². The van der Waals surface area contributed by atoms with Gasteiger partial charge in [0.2, 0.25) is 0 Å². The minimum Gasteiger partial charge on any atom is -0.396 e. The minimum absolute atomic E-state index is 0.0490. The van der Waals surface area contributed by atoms with E-state index in [2.05, 4.69) is 20.9 Å². The summed E-state index contributed by atoms with van der Waals surface area (Å²) in [6.45, 7) is 0.513. The Bertz CT molecular complexity index is 575. The molecule has 2 rings (SSSR count). The van der Waals surface area contributed by atoms with Crippen molar-refractivity contribution in [3.8, 4) is 0 Å². The number of anilines is 1. The smallest absolute Gasteiger partial charge is 0.259 e. The molecule has 0 saturated heterocycles. The second-order valence-electron chi connectivity index (χ2n) is 4.26. The third kappa shape index (κ3) is 3.65. The standard InChI is InChI=1S/C15H15BrN2O2/c16-13-9-12(10-17-11-13)15(20)18(7-4-8-19)14-5-2-1-3-6-14/h1-3,5-6,9-11,19H,4,7-8H2. The predicted octanol–water partition coefficient (Wildman–Crippen LogP) is 2.87. The van der Waals surface area contributed by atoms with Crippen LogP contribution in [0.3, 0.4) is 0 Å². The van der Waals surface area contributed by atoms with Crippen molar-refractivity contribution in [2.24, 2.45) is 0 Å². The first-order chi connectivity index (χ1) is 9.72. The summed E-state index contributed by atoms with van der Waals surface area (Å²) in [5.74, 6) is -0.126. The lowest BCUT2D eigenvalue weighted by molar-refractivity contribution is 0.0985. The Hall–Kier alpha value is -1.72. The number of aliphatic hydroxyl groups excluding tert-OH is 1. The van der Waals surface area contributed by atoms with Crippen LogP contribution in [0.25, 0.3) is 0 Å². The average molecular weight is 335 g/mol. The largest absolute Gasteiger partial charge is 0.396 e. The van der Waals surface area contributed by atoms with Crippen molar-refractivity contribution in [3.05, 3.63) is 58.8 Å². The predicted molar refractivity (Wildman–Crippen MR) is 81.8 cm³/mol. The van der Waals surface area contributed by atoms with E-state index in [4.69, 9.17) is 5.11 Å². The van der Waals surface area contributed by atoms with Gasteiger partial charge >= 0.3 is 0 Å². The number of aliphatic hydroxyl groups is 1. The number of carbonyl (C=O) groups excluding carboxylic acids is 1. The Balaban J connectivity index is 2.29. The lowest BCUT2D eigenvalue weighted by Crippen LogP contribution is -2.32. The van der Waals surface area contributed by atoms with Gasteiger partial charge in [0.25, 0.3) is 5.91 Å². The van der Waals surface area contributed by atoms with Crippen molar-refractivity contribution >= 4 is 27.5 Å². The maximum absolute atomic E-state index is 12.6. The molecule has 1 aromatic heterocycles. The van der Waals surface area contributed by atoms with Gasteiger partial charge in [-0.3, -0.25) is 9.78 Å². The van der Waals surface area contributed by atoms with E-state index < -0.39 is 0 Å². The van der Waals surface area contributed by atoms with Crippen molar-refractivity contribution in [2.45, 2.75) is 6.42 Å². The fourth-order valence-corrected chi connectivity index (χ4v) is 2.23. The van der Waals surface area contributed by atoms with E-state index in [0.717, 1.165) is 10.2 Å². The zero-order valence-electron chi connectivity index (χ0n) is 10.9. The molecule has 0 radical (unpaired) electrons. The fraction of sp³-hybridized carbons (Fsp3) is 0.200. The lowest BCUT2D eigenvalue weighted by Gasteiger charge is -2.22. The van der Waals surface area contributed by atoms with E-state index in [1.54, 1.807) is 23.4 Å². The highest BCUT2D eigenvalue weighted by atomic mass is 79.9. The number of rotatable bonds is 5. The number of aromatic nitrogens is 1. The van der Waals surface area contributed by atoms with Gasteiger partial charge in [-0.2, -0.15) is 0 Å². The quantitative estimate of drug-likeness (QED) is 0.914. The first-order valence-corrected chi connectivity index (χ1v) is 7.10. The summed E-state index contributed by atoms with van der Waals surface area (Å²) in [5.41, 5.74) is 1.33. The summed E-state index contributed by atoms with van der Waals surface area (Å²) in [6, 6.07) is 11.2. The normalized spacial score (nSPS) is 10.3. The van der Waals surface area contributed by atoms with Crippen molar-refractivity contribution in [3.63, 3.8) is 0 Å². The number of halogens is 1. The molecule has 0 aliphatic rings. The van der Waals surface area contributed by atoms with Crippen LogP contribution in [0.4, 0.5) is 5.69 Å². The van der Waals surface area contributed by atoms with E-state index in [1.807, 2.05) is 30.3 Å². The van der Waals surface area contributed by atoms with Gasteiger partial charge < -0.3 is 10.0 Å². The van der Waals surface area contributed by atoms with Crippen LogP contribution in [0.2, 0.25) is 0 Å². The summed E-state index contributed by atoms with van der Waals surface area (Å²) in [7, 11) is 0. The van der Waals surface area contributed by atoms with Crippen LogP contribution in [0.5, 0.6) is 0 Å². The molecule has 1 amide bonds. The van der Waals surface area contributed by atoms with Crippen LogP contribution in [-0.2, 0) is 0 Å². The summed E-state index contributed by atoms with van der Waals surface area (Å²) >= 11 is 3.32. The van der Waals surface area contributed by atoms with E-state index in [-0.39, 0.29) is 12.5 Å². The average Bonchev–Trinajstić information content (AvgIpc) is 2.48. The highest BCUT2D eigenvalue weighted by Crippen LogP contribution is 2.18. The van der Waals surface area contributed by atoms with Gasteiger partial charge in [0.1, 0.15) is 0 Å². The molecule has 0 aliphatic heterocycles. The first kappa shape index (κ1) is 14.7. The number of carbonyl (C=O) groups is 1. The van der Waals surface area contributed by atoms with Crippen molar-refractivity contribution in [1.29, 1.82) is 0 Å². The van der Waals surface area contributed by atoms with Crippen LogP contribution < -0.4 is 4.90 Å². The van der Waals surface area contributed by atoms with Crippen LogP contribution in [-0.4, -0.2) is 29.1 Å². The lowest BCUT2D eigenvalue weighted by atomic mass is 10.2. The van der Waals surface area contributed by atoms with Crippen molar-refractivity contribution in [2.75, 3.05) is 18.1 Å². The molecule has 1 aromatic carbocycles. The topological polar surface area (TPSA) is 53.4 Å². The summed E-state index contributed by atoms with van der Waals surface area (Å²) in [4.78, 5) is 18.3. The maximum Gasteiger partial charge on any atom is 0.259 e. The molecular weight excluding hydrogens is 320 g/mol. The molecule has 0 bridgehead atoms. The molecular formula is C15H15BrN2O2. The van der Waals surface area contributed by atoms with Crippen molar-refractivity contribution in [1.82, 2.24) is 4.98 Å². The number of para-hydroxylation sites is 1. The summed E-state index contributed by atoms with van der Waals surface area (Å²) in [6.07, 6.45) is 3.71. The Morgan fingerprint density at radius 3 is 2.65 bits per heavy atom.